The molecular formula is C33H36N6O5. The zero-order valence-corrected chi connectivity index (χ0v) is 25.0. The number of aliphatic carboxylic acids is 1. The van der Waals surface area contributed by atoms with Gasteiger partial charge < -0.3 is 19.6 Å². The maximum Gasteiger partial charge on any atom is 0.307 e. The number of benzene rings is 2. The molecule has 1 aliphatic carbocycles. The normalized spacial score (nSPS) is 21.1. The molecule has 2 amide bonds. The maximum absolute atomic E-state index is 14.3. The van der Waals surface area contributed by atoms with Crippen molar-refractivity contribution in [3.05, 3.63) is 76.1 Å². The summed E-state index contributed by atoms with van der Waals surface area (Å²) < 4.78 is 8.08. The second kappa shape index (κ2) is 12.1. The molecule has 44 heavy (non-hydrogen) atoms. The third-order valence-corrected chi connectivity index (χ3v) is 9.18. The summed E-state index contributed by atoms with van der Waals surface area (Å²) in [5, 5.41) is 28.4. The molecule has 1 fully saturated rings. The van der Waals surface area contributed by atoms with Crippen LogP contribution in [0.25, 0.3) is 0 Å². The van der Waals surface area contributed by atoms with Crippen LogP contribution in [0.2, 0.25) is 0 Å². The van der Waals surface area contributed by atoms with Gasteiger partial charge in [0.15, 0.2) is 0 Å². The number of carboxylic acids is 1. The van der Waals surface area contributed by atoms with Crippen molar-refractivity contribution in [2.75, 3.05) is 13.1 Å². The Morgan fingerprint density at radius 3 is 2.61 bits per heavy atom. The van der Waals surface area contributed by atoms with E-state index in [4.69, 9.17) is 4.74 Å². The molecule has 11 heteroatoms. The van der Waals surface area contributed by atoms with Crippen LogP contribution >= 0.6 is 0 Å². The average molecular weight is 597 g/mol. The summed E-state index contributed by atoms with van der Waals surface area (Å²) in [4.78, 5) is 43.5. The number of carbonyl (C=O) groups is 3. The number of hydrogen-bond donors (Lipinski definition) is 1. The molecule has 3 heterocycles. The number of aromatic nitrogens is 3. The van der Waals surface area contributed by atoms with Gasteiger partial charge in [0, 0.05) is 36.8 Å². The molecular weight excluding hydrogens is 560 g/mol. The monoisotopic (exact) mass is 596 g/mol. The molecule has 3 aliphatic rings. The fourth-order valence-corrected chi connectivity index (χ4v) is 6.90. The average Bonchev–Trinajstić information content (AvgIpc) is 3.64. The third-order valence-electron chi connectivity index (χ3n) is 9.18. The second-order valence-electron chi connectivity index (χ2n) is 12.2. The van der Waals surface area contributed by atoms with Gasteiger partial charge in [0.05, 0.1) is 35.7 Å². The summed E-state index contributed by atoms with van der Waals surface area (Å²) in [6.07, 6.45) is 4.78. The fourth-order valence-electron chi connectivity index (χ4n) is 6.90. The van der Waals surface area contributed by atoms with Crippen LogP contribution in [-0.2, 0) is 29.2 Å². The van der Waals surface area contributed by atoms with E-state index >= 15 is 0 Å². The Balaban J connectivity index is 1.39. The van der Waals surface area contributed by atoms with E-state index in [1.54, 1.807) is 26.6 Å². The minimum Gasteiger partial charge on any atom is -0.487 e. The van der Waals surface area contributed by atoms with Gasteiger partial charge in [-0.05, 0) is 62.4 Å². The zero-order chi connectivity index (χ0) is 31.0. The predicted octanol–water partition coefficient (Wildman–Crippen LogP) is 4.28. The minimum absolute atomic E-state index is 0.120. The first-order valence-corrected chi connectivity index (χ1v) is 15.3. The largest absolute Gasteiger partial charge is 0.487 e. The standard InChI is InChI=1S/C33H36N6O5/c1-20(2)39-17-23(35-36-39)19-44-29-12-11-21(15-34)24-13-14-38(32(41)26-9-5-6-10-27(26)33(42)43)28(30(24)29)18-37-16-22-7-3-4-8-25(22)31(37)40/h3-4,7-8,11-12,17,20,26-28H,5-6,9-10,13-14,16,18-19H2,1-2H3,(H,42,43)/t26?,27?,28-/m1/s1. The van der Waals surface area contributed by atoms with Crippen LogP contribution in [0, 0.1) is 23.2 Å². The predicted molar refractivity (Wildman–Crippen MR) is 158 cm³/mol. The Bertz CT molecular complexity index is 1640. The summed E-state index contributed by atoms with van der Waals surface area (Å²) in [6.45, 7) is 5.04. The van der Waals surface area contributed by atoms with Crippen LogP contribution in [0.1, 0.15) is 89.9 Å². The van der Waals surface area contributed by atoms with Crippen LogP contribution in [0.15, 0.2) is 42.6 Å². The molecule has 3 aromatic rings. The Hall–Kier alpha value is -4.72. The molecule has 2 aliphatic heterocycles. The van der Waals surface area contributed by atoms with Crippen molar-refractivity contribution in [2.24, 2.45) is 11.8 Å². The van der Waals surface area contributed by atoms with E-state index in [0.717, 1.165) is 24.0 Å². The summed E-state index contributed by atoms with van der Waals surface area (Å²) in [5.41, 5.74) is 4.15. The van der Waals surface area contributed by atoms with Gasteiger partial charge in [-0.2, -0.15) is 5.26 Å². The smallest absolute Gasteiger partial charge is 0.307 e. The Kier molecular flexibility index (Phi) is 8.08. The van der Waals surface area contributed by atoms with E-state index in [0.29, 0.717) is 60.5 Å². The van der Waals surface area contributed by atoms with Gasteiger partial charge in [-0.15, -0.1) is 5.10 Å². The first kappa shape index (κ1) is 29.4. The van der Waals surface area contributed by atoms with Crippen molar-refractivity contribution in [3.63, 3.8) is 0 Å². The maximum atomic E-state index is 14.3. The Morgan fingerprint density at radius 2 is 1.91 bits per heavy atom. The van der Waals surface area contributed by atoms with Crippen molar-refractivity contribution in [3.8, 4) is 11.8 Å². The third kappa shape index (κ3) is 5.41. The van der Waals surface area contributed by atoms with E-state index in [1.807, 2.05) is 44.3 Å². The van der Waals surface area contributed by atoms with E-state index in [2.05, 4.69) is 16.4 Å². The van der Waals surface area contributed by atoms with Crippen LogP contribution in [0.5, 0.6) is 5.75 Å². The van der Waals surface area contributed by atoms with E-state index in [9.17, 15) is 24.8 Å². The van der Waals surface area contributed by atoms with Gasteiger partial charge in [-0.3, -0.25) is 14.4 Å². The van der Waals surface area contributed by atoms with Crippen LogP contribution in [0.4, 0.5) is 0 Å². The van der Waals surface area contributed by atoms with Gasteiger partial charge in [0.1, 0.15) is 18.1 Å². The highest BCUT2D eigenvalue weighted by atomic mass is 16.5. The number of rotatable bonds is 8. The van der Waals surface area contributed by atoms with Gasteiger partial charge in [0.25, 0.3) is 5.91 Å². The molecule has 6 rings (SSSR count). The number of carboxylic acid groups (broad SMARTS) is 1. The van der Waals surface area contributed by atoms with Crippen molar-refractivity contribution in [2.45, 2.75) is 71.2 Å². The lowest BCUT2D eigenvalue weighted by Crippen LogP contribution is -2.50. The first-order valence-electron chi connectivity index (χ1n) is 15.3. The van der Waals surface area contributed by atoms with Gasteiger partial charge in [0.2, 0.25) is 5.91 Å². The molecule has 1 N–H and O–H groups in total. The number of nitriles is 1. The summed E-state index contributed by atoms with van der Waals surface area (Å²) in [7, 11) is 0. The summed E-state index contributed by atoms with van der Waals surface area (Å²) >= 11 is 0. The molecule has 11 nitrogen and oxygen atoms in total. The molecule has 2 unspecified atom stereocenters. The van der Waals surface area contributed by atoms with E-state index < -0.39 is 23.8 Å². The number of nitrogens with zero attached hydrogens (tertiary/aromatic N) is 6. The number of amides is 2. The van der Waals surface area contributed by atoms with Gasteiger partial charge >= 0.3 is 5.97 Å². The van der Waals surface area contributed by atoms with Crippen molar-refractivity contribution < 1.29 is 24.2 Å². The molecule has 2 aromatic carbocycles. The highest BCUT2D eigenvalue weighted by Crippen LogP contribution is 2.42. The minimum atomic E-state index is -0.951. The second-order valence-corrected chi connectivity index (χ2v) is 12.2. The lowest BCUT2D eigenvalue weighted by atomic mass is 9.77. The summed E-state index contributed by atoms with van der Waals surface area (Å²) in [6, 6.07) is 12.7. The highest BCUT2D eigenvalue weighted by molar-refractivity contribution is 5.98. The lowest BCUT2D eigenvalue weighted by Gasteiger charge is -2.43. The Morgan fingerprint density at radius 1 is 1.14 bits per heavy atom. The van der Waals surface area contributed by atoms with Gasteiger partial charge in [-0.1, -0.05) is 36.3 Å². The van der Waals surface area contributed by atoms with Crippen LogP contribution in [0.3, 0.4) is 0 Å². The molecule has 0 bridgehead atoms. The molecule has 1 aromatic heterocycles. The number of ether oxygens (including phenoxy) is 1. The number of fused-ring (bicyclic) bond motifs is 2. The van der Waals surface area contributed by atoms with E-state index in [-0.39, 0.29) is 31.0 Å². The molecule has 0 spiro atoms. The van der Waals surface area contributed by atoms with Gasteiger partial charge in [-0.25, -0.2) is 4.68 Å². The van der Waals surface area contributed by atoms with Crippen LogP contribution in [-0.4, -0.2) is 60.8 Å². The molecule has 0 saturated heterocycles. The summed E-state index contributed by atoms with van der Waals surface area (Å²) in [5.74, 6) is -2.18. The SMILES string of the molecule is CC(C)n1cc(COc2ccc(C#N)c3c2[C@@H](CN2Cc4ccccc4C2=O)N(C(=O)C2CCCCC2C(=O)O)CC3)nn1. The topological polar surface area (TPSA) is 142 Å². The number of carbonyl (C=O) groups excluding carboxylic acids is 2. The zero-order valence-electron chi connectivity index (χ0n) is 25.0. The number of hydrogen-bond acceptors (Lipinski definition) is 7. The lowest BCUT2D eigenvalue weighted by molar-refractivity contribution is -0.153. The highest BCUT2D eigenvalue weighted by Gasteiger charge is 2.44. The molecule has 0 radical (unpaired) electrons. The molecule has 228 valence electrons. The first-order chi connectivity index (χ1) is 21.3. The quantitative estimate of drug-likeness (QED) is 0.406. The Labute approximate surface area is 256 Å². The van der Waals surface area contributed by atoms with Crippen LogP contribution < -0.4 is 4.74 Å². The van der Waals surface area contributed by atoms with E-state index in [1.165, 1.54) is 0 Å². The fraction of sp³-hybridized carbons (Fsp3) is 0.455. The van der Waals surface area contributed by atoms with Crippen molar-refractivity contribution in [1.29, 1.82) is 5.26 Å². The van der Waals surface area contributed by atoms with Crippen molar-refractivity contribution in [1.82, 2.24) is 24.8 Å². The molecule has 3 atom stereocenters. The molecule has 1 saturated carbocycles. The van der Waals surface area contributed by atoms with Crippen molar-refractivity contribution >= 4 is 17.8 Å².